The monoisotopic (exact) mass is 438 g/mol. The van der Waals surface area contributed by atoms with Crippen LogP contribution in [0.5, 0.6) is 5.75 Å². The smallest absolute Gasteiger partial charge is 0.260 e. The van der Waals surface area contributed by atoms with E-state index in [0.717, 1.165) is 11.1 Å². The van der Waals surface area contributed by atoms with Crippen LogP contribution in [0.2, 0.25) is 10.0 Å². The van der Waals surface area contributed by atoms with E-state index in [9.17, 15) is 14.0 Å². The van der Waals surface area contributed by atoms with E-state index in [1.54, 1.807) is 17.0 Å². The summed E-state index contributed by atoms with van der Waals surface area (Å²) in [4.78, 5) is 28.2. The van der Waals surface area contributed by atoms with Crippen LogP contribution in [-0.4, -0.2) is 54.4 Å². The molecule has 0 spiro atoms. The predicted molar refractivity (Wildman–Crippen MR) is 110 cm³/mol. The fourth-order valence-corrected chi connectivity index (χ4v) is 3.60. The van der Waals surface area contributed by atoms with E-state index in [2.05, 4.69) is 0 Å². The van der Waals surface area contributed by atoms with Crippen LogP contribution in [0, 0.1) is 19.7 Å². The Labute approximate surface area is 178 Å². The topological polar surface area (TPSA) is 49.9 Å². The molecule has 0 unspecified atom stereocenters. The first-order valence-electron chi connectivity index (χ1n) is 9.18. The molecule has 1 fully saturated rings. The number of rotatable bonds is 4. The summed E-state index contributed by atoms with van der Waals surface area (Å²) in [6.45, 7) is 4.94. The van der Waals surface area contributed by atoms with Crippen LogP contribution in [0.4, 0.5) is 4.39 Å². The minimum atomic E-state index is -0.650. The predicted octanol–water partition coefficient (Wildman–Crippen LogP) is 4.11. The zero-order valence-electron chi connectivity index (χ0n) is 16.2. The second-order valence-corrected chi connectivity index (χ2v) is 7.71. The third-order valence-electron chi connectivity index (χ3n) is 4.87. The van der Waals surface area contributed by atoms with Crippen molar-refractivity contribution in [2.75, 3.05) is 32.8 Å². The second-order valence-electron chi connectivity index (χ2n) is 6.93. The number of benzene rings is 2. The SMILES string of the molecule is Cc1cc(OCC(=O)N2CCN(C(=O)c3c(F)cccc3Cl)CC2)cc(C)c1Cl. The number of carbonyl (C=O) groups excluding carboxylic acids is 2. The Balaban J connectivity index is 1.55. The highest BCUT2D eigenvalue weighted by molar-refractivity contribution is 6.33. The number of aryl methyl sites for hydroxylation is 2. The van der Waals surface area contributed by atoms with Gasteiger partial charge >= 0.3 is 0 Å². The first-order valence-corrected chi connectivity index (χ1v) is 9.94. The van der Waals surface area contributed by atoms with Crippen LogP contribution in [0.25, 0.3) is 0 Å². The van der Waals surface area contributed by atoms with Crippen LogP contribution >= 0.6 is 23.2 Å². The summed E-state index contributed by atoms with van der Waals surface area (Å²) in [5.74, 6) is -0.710. The number of ether oxygens (including phenoxy) is 1. The standard InChI is InChI=1S/C21H21Cl2FN2O3/c1-13-10-15(11-14(2)20(13)23)29-12-18(27)25-6-8-26(9-7-25)21(28)19-16(22)4-3-5-17(19)24/h3-5,10-11H,6-9,12H2,1-2H3. The maximum atomic E-state index is 14.0. The van der Waals surface area contributed by atoms with Gasteiger partial charge in [0.2, 0.25) is 0 Å². The fraction of sp³-hybridized carbons (Fsp3) is 0.333. The minimum absolute atomic E-state index is 0.0791. The molecule has 0 aromatic heterocycles. The van der Waals surface area contributed by atoms with Gasteiger partial charge < -0.3 is 14.5 Å². The number of halogens is 3. The molecule has 0 saturated carbocycles. The third-order valence-corrected chi connectivity index (χ3v) is 5.78. The number of piperazine rings is 1. The highest BCUT2D eigenvalue weighted by Crippen LogP contribution is 2.26. The van der Waals surface area contributed by atoms with Gasteiger partial charge in [-0.25, -0.2) is 4.39 Å². The Morgan fingerprint density at radius 1 is 1.03 bits per heavy atom. The zero-order valence-corrected chi connectivity index (χ0v) is 17.7. The second kappa shape index (κ2) is 9.01. The number of hydrogen-bond donors (Lipinski definition) is 0. The molecule has 1 aliphatic rings. The molecule has 0 aliphatic carbocycles. The number of hydrogen-bond acceptors (Lipinski definition) is 3. The van der Waals surface area contributed by atoms with Gasteiger partial charge in [-0.15, -0.1) is 0 Å². The molecule has 1 heterocycles. The molecular weight excluding hydrogens is 418 g/mol. The van der Waals surface area contributed by atoms with E-state index < -0.39 is 11.7 Å². The van der Waals surface area contributed by atoms with Gasteiger partial charge in [0.1, 0.15) is 11.6 Å². The van der Waals surface area contributed by atoms with Crippen LogP contribution in [-0.2, 0) is 4.79 Å². The largest absolute Gasteiger partial charge is 0.484 e. The van der Waals surface area contributed by atoms with E-state index in [0.29, 0.717) is 37.0 Å². The fourth-order valence-electron chi connectivity index (χ4n) is 3.25. The summed E-state index contributed by atoms with van der Waals surface area (Å²) in [6.07, 6.45) is 0. The van der Waals surface area contributed by atoms with Crippen molar-refractivity contribution in [2.45, 2.75) is 13.8 Å². The molecule has 29 heavy (non-hydrogen) atoms. The van der Waals surface area contributed by atoms with Crippen LogP contribution in [0.15, 0.2) is 30.3 Å². The molecular formula is C21H21Cl2FN2O3. The molecule has 8 heteroatoms. The summed E-state index contributed by atoms with van der Waals surface area (Å²) in [5.41, 5.74) is 1.63. The molecule has 1 saturated heterocycles. The minimum Gasteiger partial charge on any atom is -0.484 e. The quantitative estimate of drug-likeness (QED) is 0.721. The summed E-state index contributed by atoms with van der Waals surface area (Å²) >= 11 is 12.1. The Hall–Kier alpha value is -2.31. The molecule has 0 bridgehead atoms. The average molecular weight is 439 g/mol. The molecule has 2 aromatic rings. The van der Waals surface area contributed by atoms with E-state index in [1.165, 1.54) is 23.1 Å². The summed E-state index contributed by atoms with van der Waals surface area (Å²) in [5, 5.41) is 0.759. The summed E-state index contributed by atoms with van der Waals surface area (Å²) in [6, 6.07) is 7.72. The Morgan fingerprint density at radius 3 is 2.21 bits per heavy atom. The molecule has 2 aromatic carbocycles. The van der Waals surface area contributed by atoms with Gasteiger partial charge in [0.25, 0.3) is 11.8 Å². The number of amides is 2. The maximum Gasteiger partial charge on any atom is 0.260 e. The van der Waals surface area contributed by atoms with Gasteiger partial charge in [0.05, 0.1) is 10.6 Å². The first kappa shape index (κ1) is 21.4. The first-order chi connectivity index (χ1) is 13.8. The van der Waals surface area contributed by atoms with Gasteiger partial charge in [0, 0.05) is 31.2 Å². The molecule has 3 rings (SSSR count). The molecule has 5 nitrogen and oxygen atoms in total. The molecule has 154 valence electrons. The van der Waals surface area contributed by atoms with Crippen molar-refractivity contribution in [3.05, 3.63) is 62.9 Å². The van der Waals surface area contributed by atoms with E-state index in [1.807, 2.05) is 13.8 Å². The van der Waals surface area contributed by atoms with Crippen LogP contribution in [0.1, 0.15) is 21.5 Å². The summed E-state index contributed by atoms with van der Waals surface area (Å²) < 4.78 is 19.6. The molecule has 1 aliphatic heterocycles. The molecule has 2 amide bonds. The van der Waals surface area contributed by atoms with Crippen molar-refractivity contribution < 1.29 is 18.7 Å². The van der Waals surface area contributed by atoms with Gasteiger partial charge in [0.15, 0.2) is 6.61 Å². The molecule has 0 radical (unpaired) electrons. The van der Waals surface area contributed by atoms with Gasteiger partial charge in [-0.05, 0) is 49.2 Å². The van der Waals surface area contributed by atoms with Crippen molar-refractivity contribution in [1.82, 2.24) is 9.80 Å². The van der Waals surface area contributed by atoms with Gasteiger partial charge in [-0.1, -0.05) is 29.3 Å². The van der Waals surface area contributed by atoms with Crippen molar-refractivity contribution >= 4 is 35.0 Å². The number of nitrogens with zero attached hydrogens (tertiary/aromatic N) is 2. The van der Waals surface area contributed by atoms with Gasteiger partial charge in [-0.3, -0.25) is 9.59 Å². The van der Waals surface area contributed by atoms with Crippen molar-refractivity contribution in [3.8, 4) is 5.75 Å². The van der Waals surface area contributed by atoms with E-state index >= 15 is 0 Å². The van der Waals surface area contributed by atoms with Crippen LogP contribution < -0.4 is 4.74 Å². The zero-order chi connectivity index (χ0) is 21.1. The lowest BCUT2D eigenvalue weighted by Gasteiger charge is -2.35. The molecule has 0 atom stereocenters. The maximum absolute atomic E-state index is 14.0. The molecule has 0 N–H and O–H groups in total. The Morgan fingerprint density at radius 2 is 1.62 bits per heavy atom. The van der Waals surface area contributed by atoms with Crippen molar-refractivity contribution in [2.24, 2.45) is 0 Å². The highest BCUT2D eigenvalue weighted by Gasteiger charge is 2.27. The Bertz CT molecular complexity index is 900. The lowest BCUT2D eigenvalue weighted by molar-refractivity contribution is -0.134. The van der Waals surface area contributed by atoms with Crippen LogP contribution in [0.3, 0.4) is 0 Å². The van der Waals surface area contributed by atoms with Gasteiger partial charge in [-0.2, -0.15) is 0 Å². The van der Waals surface area contributed by atoms with E-state index in [-0.39, 0.29) is 23.1 Å². The highest BCUT2D eigenvalue weighted by atomic mass is 35.5. The third kappa shape index (κ3) is 4.82. The number of carbonyl (C=O) groups is 2. The Kier molecular flexibility index (Phi) is 6.65. The average Bonchev–Trinajstić information content (AvgIpc) is 2.70. The summed E-state index contributed by atoms with van der Waals surface area (Å²) in [7, 11) is 0. The van der Waals surface area contributed by atoms with E-state index in [4.69, 9.17) is 27.9 Å². The van der Waals surface area contributed by atoms with Crippen molar-refractivity contribution in [1.29, 1.82) is 0 Å². The van der Waals surface area contributed by atoms with Crippen molar-refractivity contribution in [3.63, 3.8) is 0 Å². The normalized spacial score (nSPS) is 14.1. The lowest BCUT2D eigenvalue weighted by Crippen LogP contribution is -2.51. The lowest BCUT2D eigenvalue weighted by atomic mass is 10.1.